The molecule has 0 saturated heterocycles. The lowest BCUT2D eigenvalue weighted by molar-refractivity contribution is 0.738. The van der Waals surface area contributed by atoms with Gasteiger partial charge in [-0.1, -0.05) is 41.0 Å². The highest BCUT2D eigenvalue weighted by atomic mass is 14.0. The van der Waals surface area contributed by atoms with E-state index in [1.807, 2.05) is 6.08 Å². The van der Waals surface area contributed by atoms with Gasteiger partial charge in [0, 0.05) is 0 Å². The minimum absolute atomic E-state index is 1.02. The van der Waals surface area contributed by atoms with Crippen LogP contribution >= 0.6 is 0 Å². The van der Waals surface area contributed by atoms with Gasteiger partial charge in [-0.25, -0.2) is 0 Å². The van der Waals surface area contributed by atoms with Gasteiger partial charge in [0.1, 0.15) is 0 Å². The Balaban J connectivity index is 3.87. The molecule has 0 fully saturated rings. The molecule has 0 N–H and O–H groups in total. The van der Waals surface area contributed by atoms with E-state index >= 15 is 0 Å². The highest BCUT2D eigenvalue weighted by molar-refractivity contribution is 5.15. The minimum atomic E-state index is 1.02. The van der Waals surface area contributed by atoms with E-state index in [-0.39, 0.29) is 0 Å². The lowest BCUT2D eigenvalue weighted by Crippen LogP contribution is -1.85. The second-order valence-electron chi connectivity index (χ2n) is 5.05. The quantitative estimate of drug-likeness (QED) is 0.327. The maximum absolute atomic E-state index is 3.80. The van der Waals surface area contributed by atoms with Gasteiger partial charge in [0.05, 0.1) is 0 Å². The van der Waals surface area contributed by atoms with Crippen LogP contribution in [0.4, 0.5) is 0 Å². The van der Waals surface area contributed by atoms with Crippen molar-refractivity contribution in [3.8, 4) is 0 Å². The summed E-state index contributed by atoms with van der Waals surface area (Å²) in [6.07, 6.45) is 16.0. The average Bonchev–Trinajstić information content (AvgIpc) is 2.37. The molecule has 0 aliphatic carbocycles. The molecule has 0 saturated carbocycles. The average molecular weight is 246 g/mol. The van der Waals surface area contributed by atoms with E-state index in [0.717, 1.165) is 12.8 Å². The van der Waals surface area contributed by atoms with E-state index < -0.39 is 0 Å². The molecule has 0 bridgehead atoms. The first-order chi connectivity index (χ1) is 8.63. The van der Waals surface area contributed by atoms with E-state index in [2.05, 4.69) is 52.5 Å². The molecule has 0 amide bonds. The van der Waals surface area contributed by atoms with Crippen molar-refractivity contribution in [2.75, 3.05) is 0 Å². The third kappa shape index (κ3) is 9.04. The first-order valence-corrected chi connectivity index (χ1v) is 7.16. The van der Waals surface area contributed by atoms with Crippen molar-refractivity contribution >= 4 is 0 Å². The molecule has 0 aliphatic heterocycles. The first-order valence-electron chi connectivity index (χ1n) is 7.16. The topological polar surface area (TPSA) is 0 Å². The zero-order valence-electron chi connectivity index (χ0n) is 12.8. The molecule has 0 heterocycles. The maximum atomic E-state index is 3.80. The Morgan fingerprint density at radius 3 is 2.28 bits per heavy atom. The molecule has 0 nitrogen and oxygen atoms in total. The fraction of sp³-hybridized carbons (Fsp3) is 0.556. The predicted octanol–water partition coefficient (Wildman–Crippen LogP) is 6.37. The number of rotatable bonds is 9. The van der Waals surface area contributed by atoms with Gasteiger partial charge in [-0.3, -0.25) is 0 Å². The van der Waals surface area contributed by atoms with Gasteiger partial charge in [0.2, 0.25) is 0 Å². The van der Waals surface area contributed by atoms with Crippen molar-refractivity contribution < 1.29 is 0 Å². The predicted molar refractivity (Wildman–Crippen MR) is 84.8 cm³/mol. The molecule has 0 radical (unpaired) electrons. The zero-order chi connectivity index (χ0) is 13.8. The van der Waals surface area contributed by atoms with Gasteiger partial charge in [-0.2, -0.15) is 0 Å². The number of unbranched alkanes of at least 4 members (excludes halogenated alkanes) is 2. The van der Waals surface area contributed by atoms with E-state index in [4.69, 9.17) is 0 Å². The molecule has 0 aromatic rings. The molecule has 0 spiro atoms. The Morgan fingerprint density at radius 1 is 1.00 bits per heavy atom. The van der Waals surface area contributed by atoms with Gasteiger partial charge >= 0.3 is 0 Å². The van der Waals surface area contributed by atoms with Crippen molar-refractivity contribution in [2.45, 2.75) is 66.2 Å². The SMILES string of the molecule is C=CC/C(=C/C)C/C(C)=C/CCCC/C(C)=C/C. The third-order valence-electron chi connectivity index (χ3n) is 3.33. The molecule has 0 aliphatic rings. The zero-order valence-corrected chi connectivity index (χ0v) is 12.8. The van der Waals surface area contributed by atoms with Gasteiger partial charge in [0.15, 0.2) is 0 Å². The van der Waals surface area contributed by atoms with Crippen molar-refractivity contribution in [2.24, 2.45) is 0 Å². The summed E-state index contributed by atoms with van der Waals surface area (Å²) in [5.74, 6) is 0. The molecule has 18 heavy (non-hydrogen) atoms. The maximum Gasteiger partial charge on any atom is -0.0108 e. The van der Waals surface area contributed by atoms with Crippen LogP contribution in [0.2, 0.25) is 0 Å². The van der Waals surface area contributed by atoms with Crippen LogP contribution in [0.3, 0.4) is 0 Å². The van der Waals surface area contributed by atoms with E-state index in [9.17, 15) is 0 Å². The van der Waals surface area contributed by atoms with E-state index in [1.165, 1.54) is 42.4 Å². The molecular weight excluding hydrogens is 216 g/mol. The Kier molecular flexibility index (Phi) is 10.4. The van der Waals surface area contributed by atoms with Gasteiger partial charge in [-0.05, 0) is 66.2 Å². The van der Waals surface area contributed by atoms with Gasteiger partial charge in [0.25, 0.3) is 0 Å². The Bertz CT molecular complexity index is 313. The van der Waals surface area contributed by atoms with Crippen LogP contribution in [0, 0.1) is 0 Å². The third-order valence-corrected chi connectivity index (χ3v) is 3.33. The lowest BCUT2D eigenvalue weighted by Gasteiger charge is -2.05. The van der Waals surface area contributed by atoms with Gasteiger partial charge < -0.3 is 0 Å². The summed E-state index contributed by atoms with van der Waals surface area (Å²) in [5.41, 5.74) is 4.48. The smallest absolute Gasteiger partial charge is 0.0108 e. The highest BCUT2D eigenvalue weighted by Crippen LogP contribution is 2.16. The molecular formula is C18H30. The van der Waals surface area contributed by atoms with Crippen LogP contribution in [-0.2, 0) is 0 Å². The van der Waals surface area contributed by atoms with Crippen molar-refractivity contribution in [1.82, 2.24) is 0 Å². The fourth-order valence-electron chi connectivity index (χ4n) is 1.95. The van der Waals surface area contributed by atoms with E-state index in [1.54, 1.807) is 0 Å². The molecule has 0 heteroatoms. The van der Waals surface area contributed by atoms with E-state index in [0.29, 0.717) is 0 Å². The molecule has 0 aromatic heterocycles. The van der Waals surface area contributed by atoms with Crippen LogP contribution in [0.1, 0.15) is 66.2 Å². The van der Waals surface area contributed by atoms with Crippen molar-refractivity contribution in [3.05, 3.63) is 47.6 Å². The molecule has 0 aromatic carbocycles. The highest BCUT2D eigenvalue weighted by Gasteiger charge is 1.96. The molecule has 0 rings (SSSR count). The molecule has 102 valence electrons. The monoisotopic (exact) mass is 246 g/mol. The Hall–Kier alpha value is -1.04. The Morgan fingerprint density at radius 2 is 1.72 bits per heavy atom. The molecule has 0 unspecified atom stereocenters. The van der Waals surface area contributed by atoms with Crippen LogP contribution in [0.25, 0.3) is 0 Å². The number of allylic oxidation sites excluding steroid dienone is 7. The Labute approximate surface area is 114 Å². The van der Waals surface area contributed by atoms with Crippen molar-refractivity contribution in [1.29, 1.82) is 0 Å². The molecule has 0 atom stereocenters. The number of hydrogen-bond acceptors (Lipinski definition) is 0. The summed E-state index contributed by atoms with van der Waals surface area (Å²) >= 11 is 0. The van der Waals surface area contributed by atoms with Gasteiger partial charge in [-0.15, -0.1) is 6.58 Å². The summed E-state index contributed by atoms with van der Waals surface area (Å²) in [5, 5.41) is 0. The summed E-state index contributed by atoms with van der Waals surface area (Å²) in [6.45, 7) is 12.5. The number of hydrogen-bond donors (Lipinski definition) is 0. The van der Waals surface area contributed by atoms with Crippen LogP contribution in [-0.4, -0.2) is 0 Å². The summed E-state index contributed by atoms with van der Waals surface area (Å²) in [6, 6.07) is 0. The normalized spacial score (nSPS) is 13.9. The second kappa shape index (κ2) is 11.1. The first kappa shape index (κ1) is 17.0. The van der Waals surface area contributed by atoms with Crippen LogP contribution < -0.4 is 0 Å². The summed E-state index contributed by atoms with van der Waals surface area (Å²) in [4.78, 5) is 0. The van der Waals surface area contributed by atoms with Crippen LogP contribution in [0.15, 0.2) is 47.6 Å². The second-order valence-corrected chi connectivity index (χ2v) is 5.05. The lowest BCUT2D eigenvalue weighted by atomic mass is 10.0. The van der Waals surface area contributed by atoms with Crippen LogP contribution in [0.5, 0.6) is 0 Å². The summed E-state index contributed by atoms with van der Waals surface area (Å²) < 4.78 is 0. The largest absolute Gasteiger partial charge is 0.103 e. The summed E-state index contributed by atoms with van der Waals surface area (Å²) in [7, 11) is 0. The minimum Gasteiger partial charge on any atom is -0.103 e. The fourth-order valence-corrected chi connectivity index (χ4v) is 1.95. The van der Waals surface area contributed by atoms with Crippen molar-refractivity contribution in [3.63, 3.8) is 0 Å². The standard InChI is InChI=1S/C18H30/c1-6-12-18(8-3)15-17(5)14-11-9-10-13-16(4)7-2/h6-8,14H,1,9-13,15H2,2-5H3/b16-7+,17-14+,18-8-.